The second kappa shape index (κ2) is 8.85. The molecule has 0 amide bonds. The second-order valence-corrected chi connectivity index (χ2v) is 9.92. The van der Waals surface area contributed by atoms with E-state index in [1.165, 1.54) is 6.92 Å². The number of hydrogen-bond acceptors (Lipinski definition) is 9. The van der Waals surface area contributed by atoms with E-state index < -0.39 is 71.5 Å². The molecule has 0 saturated carbocycles. The minimum absolute atomic E-state index is 0.00248. The van der Waals surface area contributed by atoms with Gasteiger partial charge in [0.15, 0.2) is 18.3 Å². The summed E-state index contributed by atoms with van der Waals surface area (Å²) in [5.41, 5.74) is -1.44. The molecule has 9 heteroatoms. The Morgan fingerprint density at radius 2 is 1.88 bits per heavy atom. The number of fused-ring (bicyclic) bond motifs is 3. The van der Waals surface area contributed by atoms with Crippen LogP contribution in [0.1, 0.15) is 54.4 Å². The molecule has 8 atom stereocenters. The fourth-order valence-corrected chi connectivity index (χ4v) is 4.81. The van der Waals surface area contributed by atoms with Gasteiger partial charge in [-0.15, -0.1) is 0 Å². The molecule has 3 rings (SSSR count). The first kappa shape index (κ1) is 25.4. The van der Waals surface area contributed by atoms with E-state index in [9.17, 15) is 24.6 Å². The first-order valence-corrected chi connectivity index (χ1v) is 11.3. The average molecular weight is 467 g/mol. The number of allylic oxidation sites excluding steroid dienone is 1. The maximum Gasteiger partial charge on any atom is 0.334 e. The zero-order chi connectivity index (χ0) is 24.9. The van der Waals surface area contributed by atoms with Crippen LogP contribution in [0.25, 0.3) is 0 Å². The maximum atomic E-state index is 12.8. The van der Waals surface area contributed by atoms with Crippen LogP contribution >= 0.6 is 0 Å². The first-order chi connectivity index (χ1) is 15.2. The number of carbonyl (C=O) groups excluding carboxylic acids is 3. The van der Waals surface area contributed by atoms with Gasteiger partial charge >= 0.3 is 17.9 Å². The van der Waals surface area contributed by atoms with Gasteiger partial charge in [0.25, 0.3) is 0 Å². The molecule has 3 saturated heterocycles. The average Bonchev–Trinajstić information content (AvgIpc) is 3.17. The van der Waals surface area contributed by atoms with Gasteiger partial charge in [0.1, 0.15) is 5.60 Å². The molecule has 0 aliphatic carbocycles. The molecule has 2 bridgehead atoms. The summed E-state index contributed by atoms with van der Waals surface area (Å²) in [6, 6.07) is 0. The van der Waals surface area contributed by atoms with Crippen molar-refractivity contribution in [1.82, 2.24) is 0 Å². The molecule has 3 aliphatic rings. The molecule has 0 aromatic rings. The number of aliphatic hydroxyl groups is 2. The van der Waals surface area contributed by atoms with Gasteiger partial charge in [0, 0.05) is 23.5 Å². The Morgan fingerprint density at radius 3 is 2.45 bits per heavy atom. The van der Waals surface area contributed by atoms with Gasteiger partial charge in [-0.2, -0.15) is 0 Å². The van der Waals surface area contributed by atoms with Crippen molar-refractivity contribution in [3.05, 3.63) is 23.8 Å². The molecule has 0 spiro atoms. The van der Waals surface area contributed by atoms with Crippen molar-refractivity contribution in [2.75, 3.05) is 0 Å². The number of carbonyl (C=O) groups is 3. The van der Waals surface area contributed by atoms with Gasteiger partial charge < -0.3 is 29.2 Å². The summed E-state index contributed by atoms with van der Waals surface area (Å²) in [6.45, 7) is 13.5. The van der Waals surface area contributed by atoms with E-state index in [-0.39, 0.29) is 12.0 Å². The summed E-state index contributed by atoms with van der Waals surface area (Å²) in [7, 11) is 0. The highest BCUT2D eigenvalue weighted by Crippen LogP contribution is 2.50. The quantitative estimate of drug-likeness (QED) is 0.362. The van der Waals surface area contributed by atoms with E-state index in [4.69, 9.17) is 18.9 Å². The molecule has 0 aromatic heterocycles. The number of esters is 3. The van der Waals surface area contributed by atoms with Gasteiger partial charge in [-0.3, -0.25) is 4.79 Å². The van der Waals surface area contributed by atoms with Gasteiger partial charge in [-0.1, -0.05) is 33.4 Å². The Labute approximate surface area is 193 Å². The van der Waals surface area contributed by atoms with Crippen molar-refractivity contribution in [3.8, 4) is 0 Å². The van der Waals surface area contributed by atoms with Gasteiger partial charge in [0.2, 0.25) is 5.79 Å². The van der Waals surface area contributed by atoms with Crippen LogP contribution in [-0.2, 0) is 33.3 Å². The summed E-state index contributed by atoms with van der Waals surface area (Å²) in [6.07, 6.45) is -2.64. The molecular formula is C24H34O9. The number of ether oxygens (including phenoxy) is 4. The predicted molar refractivity (Wildman–Crippen MR) is 115 cm³/mol. The molecule has 3 fully saturated rings. The normalized spacial score (nSPS) is 41.1. The van der Waals surface area contributed by atoms with E-state index in [2.05, 4.69) is 6.58 Å². The third kappa shape index (κ3) is 4.46. The minimum atomic E-state index is -1.97. The SMILES string of the molecule is C=C1C(=O)O[C@@H]2[C@@H]1[C@H](OC(=O)/C(C)=C\C)[C@]1(O)O[C@@H](C[C@@H]1C)C[C@@](C)(O)[C@H]2OC(=O)C(C)C. The van der Waals surface area contributed by atoms with Crippen molar-refractivity contribution < 1.29 is 43.5 Å². The molecule has 2 N–H and O–H groups in total. The lowest BCUT2D eigenvalue weighted by Crippen LogP contribution is -2.58. The Bertz CT molecular complexity index is 873. The second-order valence-electron chi connectivity index (χ2n) is 9.92. The van der Waals surface area contributed by atoms with Crippen LogP contribution in [0, 0.1) is 17.8 Å². The zero-order valence-electron chi connectivity index (χ0n) is 20.0. The standard InChI is InChI=1S/C24H34O9/c1-8-12(4)21(26)31-18-16-14(6)22(27)30-17(16)19(32-20(25)11(2)3)23(7,28)10-15-9-13(5)24(18,29)33-15/h8,11,13,15-19,28-29H,6,9-10H2,1-5,7H3/b12-8-/t13-,15-,16+,17+,18-,19-,23+,24+/m0/s1. The molecule has 9 nitrogen and oxygen atoms in total. The molecule has 33 heavy (non-hydrogen) atoms. The summed E-state index contributed by atoms with van der Waals surface area (Å²) in [4.78, 5) is 37.9. The highest BCUT2D eigenvalue weighted by atomic mass is 16.7. The minimum Gasteiger partial charge on any atom is -0.455 e. The largest absolute Gasteiger partial charge is 0.455 e. The monoisotopic (exact) mass is 466 g/mol. The summed E-state index contributed by atoms with van der Waals surface area (Å²) < 4.78 is 22.9. The van der Waals surface area contributed by atoms with Crippen molar-refractivity contribution in [2.45, 2.75) is 90.2 Å². The fourth-order valence-electron chi connectivity index (χ4n) is 4.81. The molecule has 0 unspecified atom stereocenters. The van der Waals surface area contributed by atoms with Crippen molar-refractivity contribution in [3.63, 3.8) is 0 Å². The lowest BCUT2D eigenvalue weighted by atomic mass is 9.75. The van der Waals surface area contributed by atoms with Gasteiger partial charge in [-0.25, -0.2) is 9.59 Å². The van der Waals surface area contributed by atoms with Gasteiger partial charge in [-0.05, 0) is 27.2 Å². The van der Waals surface area contributed by atoms with Crippen LogP contribution in [0.2, 0.25) is 0 Å². The summed E-state index contributed by atoms with van der Waals surface area (Å²) in [5.74, 6) is -6.18. The fraction of sp³-hybridized carbons (Fsp3) is 0.708. The lowest BCUT2D eigenvalue weighted by molar-refractivity contribution is -0.277. The Kier molecular flexibility index (Phi) is 6.81. The molecule has 0 aromatic carbocycles. The Morgan fingerprint density at radius 1 is 1.24 bits per heavy atom. The summed E-state index contributed by atoms with van der Waals surface area (Å²) >= 11 is 0. The Balaban J connectivity index is 2.16. The van der Waals surface area contributed by atoms with E-state index in [0.29, 0.717) is 12.0 Å². The van der Waals surface area contributed by atoms with Gasteiger partial charge in [0.05, 0.1) is 17.9 Å². The van der Waals surface area contributed by atoms with Crippen LogP contribution in [0.3, 0.4) is 0 Å². The molecule has 0 radical (unpaired) electrons. The molecule has 3 heterocycles. The van der Waals surface area contributed by atoms with Crippen LogP contribution < -0.4 is 0 Å². The van der Waals surface area contributed by atoms with E-state index in [1.807, 2.05) is 0 Å². The smallest absolute Gasteiger partial charge is 0.334 e. The van der Waals surface area contributed by atoms with E-state index in [0.717, 1.165) is 0 Å². The summed E-state index contributed by atoms with van der Waals surface area (Å²) in [5, 5.41) is 23.1. The third-order valence-electron chi connectivity index (χ3n) is 6.93. The number of hydrogen-bond donors (Lipinski definition) is 2. The Hall–Kier alpha value is -2.23. The van der Waals surface area contributed by atoms with Crippen molar-refractivity contribution in [2.24, 2.45) is 17.8 Å². The van der Waals surface area contributed by atoms with Crippen molar-refractivity contribution in [1.29, 1.82) is 0 Å². The first-order valence-electron chi connectivity index (χ1n) is 11.3. The van der Waals surface area contributed by atoms with Crippen LogP contribution in [0.4, 0.5) is 0 Å². The highest BCUT2D eigenvalue weighted by molar-refractivity contribution is 5.92. The van der Waals surface area contributed by atoms with E-state index in [1.54, 1.807) is 40.7 Å². The van der Waals surface area contributed by atoms with Crippen LogP contribution in [0.5, 0.6) is 0 Å². The molecular weight excluding hydrogens is 432 g/mol. The van der Waals surface area contributed by atoms with E-state index >= 15 is 0 Å². The lowest BCUT2D eigenvalue weighted by Gasteiger charge is -2.41. The molecule has 3 aliphatic heterocycles. The third-order valence-corrected chi connectivity index (χ3v) is 6.93. The van der Waals surface area contributed by atoms with Crippen molar-refractivity contribution >= 4 is 17.9 Å². The topological polar surface area (TPSA) is 129 Å². The highest BCUT2D eigenvalue weighted by Gasteiger charge is 2.65. The maximum absolute atomic E-state index is 12.8. The van der Waals surface area contributed by atoms with Crippen LogP contribution in [-0.4, -0.2) is 63.9 Å². The predicted octanol–water partition coefficient (Wildman–Crippen LogP) is 1.80. The van der Waals surface area contributed by atoms with Crippen LogP contribution in [0.15, 0.2) is 23.8 Å². The molecule has 184 valence electrons. The zero-order valence-corrected chi connectivity index (χ0v) is 20.0. The number of rotatable bonds is 4.